The zero-order valence-electron chi connectivity index (χ0n) is 25.1. The van der Waals surface area contributed by atoms with Crippen LogP contribution < -0.4 is 24.8 Å². The van der Waals surface area contributed by atoms with Crippen LogP contribution in [0.15, 0.2) is 48.6 Å². The molecular weight excluding hydrogens is 571 g/mol. The summed E-state index contributed by atoms with van der Waals surface area (Å²) in [6.07, 6.45) is 35.0. The predicted octanol–water partition coefficient (Wildman–Crippen LogP) is 4.91. The molecule has 2 fully saturated rings. The monoisotopic (exact) mass is 622 g/mol. The molecule has 0 spiro atoms. The molecule has 0 radical (unpaired) electrons. The second-order valence-electron chi connectivity index (χ2n) is 14.3. The van der Waals surface area contributed by atoms with Crippen LogP contribution in [0.3, 0.4) is 0 Å². The molecule has 0 atom stereocenters. The van der Waals surface area contributed by atoms with Gasteiger partial charge in [-0.15, -0.1) is 0 Å². The smallest absolute Gasteiger partial charge is 1.00 e. The Morgan fingerprint density at radius 2 is 0.784 bits per heavy atom. The molecule has 0 N–H and O–H groups in total. The molecule has 0 aromatic heterocycles. The molecule has 4 aliphatic rings. The Morgan fingerprint density at radius 3 is 1.03 bits per heavy atom. The number of hydrogen-bond donors (Lipinski definition) is 0. The van der Waals surface area contributed by atoms with Crippen molar-refractivity contribution < 1.29 is 48.0 Å². The summed E-state index contributed by atoms with van der Waals surface area (Å²) >= 11 is -1.04. The first kappa shape index (κ1) is 33.6. The fourth-order valence-electron chi connectivity index (χ4n) is 8.92. The van der Waals surface area contributed by atoms with Crippen molar-refractivity contribution in [2.45, 2.75) is 126 Å². The van der Waals surface area contributed by atoms with Crippen LogP contribution in [-0.4, -0.2) is 0 Å². The summed E-state index contributed by atoms with van der Waals surface area (Å²) in [5, 5.41) is 0. The van der Waals surface area contributed by atoms with Gasteiger partial charge < -0.3 is 24.8 Å². The van der Waals surface area contributed by atoms with E-state index in [0.29, 0.717) is 39.7 Å². The summed E-state index contributed by atoms with van der Waals surface area (Å²) in [6.45, 7) is 20.6. The van der Waals surface area contributed by atoms with Crippen molar-refractivity contribution in [1.82, 2.24) is 0 Å². The molecule has 0 bridgehead atoms. The summed E-state index contributed by atoms with van der Waals surface area (Å²) in [7, 11) is 0. The third-order valence-electron chi connectivity index (χ3n) is 12.4. The van der Waals surface area contributed by atoms with E-state index in [4.69, 9.17) is 0 Å². The normalized spacial score (nSPS) is 25.1. The first-order valence-corrected chi connectivity index (χ1v) is 17.4. The van der Waals surface area contributed by atoms with Gasteiger partial charge in [-0.25, -0.2) is 0 Å². The minimum absolute atomic E-state index is 0. The Labute approximate surface area is 254 Å². The van der Waals surface area contributed by atoms with Crippen molar-refractivity contribution in [3.05, 3.63) is 48.6 Å². The van der Waals surface area contributed by atoms with Crippen molar-refractivity contribution in [3.63, 3.8) is 0 Å². The molecule has 0 aromatic rings. The van der Waals surface area contributed by atoms with Gasteiger partial charge in [-0.1, -0.05) is 0 Å². The van der Waals surface area contributed by atoms with Gasteiger partial charge in [0.05, 0.1) is 0 Å². The zero-order valence-corrected chi connectivity index (χ0v) is 29.1. The second-order valence-corrected chi connectivity index (χ2v) is 19.0. The molecule has 0 aliphatic heterocycles. The quantitative estimate of drug-likeness (QED) is 0.360. The van der Waals surface area contributed by atoms with Gasteiger partial charge in [-0.3, -0.25) is 0 Å². The third-order valence-corrected chi connectivity index (χ3v) is 18.4. The molecule has 0 aromatic carbocycles. The molecule has 37 heavy (non-hydrogen) atoms. The van der Waals surface area contributed by atoms with Gasteiger partial charge in [-0.05, 0) is 0 Å². The maximum Gasteiger partial charge on any atom is -1.00 e. The van der Waals surface area contributed by atoms with Crippen LogP contribution in [-0.2, 0) is 23.2 Å². The van der Waals surface area contributed by atoms with Crippen molar-refractivity contribution in [2.24, 2.45) is 33.5 Å². The number of hydrogen-bond acceptors (Lipinski definition) is 0. The number of allylic oxidation sites excluding steroid dienone is 8. The van der Waals surface area contributed by atoms with Crippen LogP contribution in [0, 0.1) is 33.5 Å². The minimum Gasteiger partial charge on any atom is -1.00 e. The van der Waals surface area contributed by atoms with Crippen LogP contribution >= 0.6 is 0 Å². The zero-order chi connectivity index (χ0) is 25.6. The predicted molar refractivity (Wildman–Crippen MR) is 150 cm³/mol. The van der Waals surface area contributed by atoms with E-state index in [1.54, 1.807) is 0 Å². The SMILES string of the molecule is CC(C)C(C)(C)C1([C]2([Zr+2][C]3(C4(C(C)(C)C(C)C)CCCCC4)C=CC=C3)C=CC=C2)CCCCC1.[Cl-].[Cl-]. The Morgan fingerprint density at radius 1 is 0.514 bits per heavy atom. The molecule has 0 saturated heterocycles. The Hall–Kier alpha value is 0.423. The van der Waals surface area contributed by atoms with Crippen molar-refractivity contribution >= 4 is 0 Å². The molecule has 0 nitrogen and oxygen atoms in total. The van der Waals surface area contributed by atoms with Crippen LogP contribution in [0.4, 0.5) is 0 Å². The summed E-state index contributed by atoms with van der Waals surface area (Å²) in [5.74, 6) is 1.39. The Bertz CT molecular complexity index is 777. The second kappa shape index (κ2) is 12.1. The summed E-state index contributed by atoms with van der Waals surface area (Å²) < 4.78 is 0.585. The number of halogens is 2. The molecular formula is C34H54Cl2Zr. The van der Waals surface area contributed by atoms with Gasteiger partial charge in [0.15, 0.2) is 0 Å². The van der Waals surface area contributed by atoms with Crippen molar-refractivity contribution in [3.8, 4) is 0 Å². The first-order chi connectivity index (χ1) is 16.4. The maximum atomic E-state index is 2.76. The van der Waals surface area contributed by atoms with Gasteiger partial charge >= 0.3 is 231 Å². The minimum atomic E-state index is -1.04. The summed E-state index contributed by atoms with van der Waals surface area (Å²) in [6, 6.07) is 0. The Balaban J connectivity index is 0.00000241. The summed E-state index contributed by atoms with van der Waals surface area (Å²) in [4.78, 5) is 0. The Kier molecular flexibility index (Phi) is 11.0. The van der Waals surface area contributed by atoms with E-state index in [2.05, 4.69) is 104 Å². The topological polar surface area (TPSA) is 0 Å². The van der Waals surface area contributed by atoms with E-state index in [1.807, 2.05) is 0 Å². The van der Waals surface area contributed by atoms with Crippen LogP contribution in [0.1, 0.15) is 120 Å². The largest absolute Gasteiger partial charge is 1.00 e. The molecule has 0 amide bonds. The van der Waals surface area contributed by atoms with E-state index >= 15 is 0 Å². The molecule has 2 saturated carbocycles. The van der Waals surface area contributed by atoms with Crippen LogP contribution in [0.5, 0.6) is 0 Å². The van der Waals surface area contributed by atoms with Gasteiger partial charge in [-0.2, -0.15) is 0 Å². The average Bonchev–Trinajstić information content (AvgIpc) is 3.51. The van der Waals surface area contributed by atoms with Crippen LogP contribution in [0.2, 0.25) is 6.25 Å². The van der Waals surface area contributed by atoms with E-state index in [9.17, 15) is 0 Å². The van der Waals surface area contributed by atoms with Crippen molar-refractivity contribution in [2.75, 3.05) is 0 Å². The fraction of sp³-hybridized carbons (Fsp3) is 0.765. The van der Waals surface area contributed by atoms with Gasteiger partial charge in [0.1, 0.15) is 0 Å². The van der Waals surface area contributed by atoms with Gasteiger partial charge in [0, 0.05) is 0 Å². The van der Waals surface area contributed by atoms with Crippen LogP contribution in [0.25, 0.3) is 0 Å². The van der Waals surface area contributed by atoms with E-state index < -0.39 is 23.2 Å². The summed E-state index contributed by atoms with van der Waals surface area (Å²) in [5.41, 5.74) is 1.43. The fourth-order valence-corrected chi connectivity index (χ4v) is 16.4. The van der Waals surface area contributed by atoms with Crippen molar-refractivity contribution in [1.29, 1.82) is 0 Å². The maximum absolute atomic E-state index is 2.76. The van der Waals surface area contributed by atoms with E-state index in [1.165, 1.54) is 64.2 Å². The van der Waals surface area contributed by atoms with Gasteiger partial charge in [0.25, 0.3) is 0 Å². The standard InChI is InChI=1S/2C17H27.2ClH.Zr/c2*1-14(2)16(3,4)17(12-8-5-9-13-17)15-10-6-7-11-15;;;/h2*6-7,10-11,14H,5,8-9,12-13H2,1-4H3;2*1H;/q;;;;+2/p-2. The number of rotatable bonds is 8. The first-order valence-electron chi connectivity index (χ1n) is 15.0. The average molecular weight is 625 g/mol. The molecule has 4 rings (SSSR count). The molecule has 0 heterocycles. The third kappa shape index (κ3) is 5.05. The molecule has 4 aliphatic carbocycles. The molecule has 3 heteroatoms. The molecule has 208 valence electrons. The van der Waals surface area contributed by atoms with Gasteiger partial charge in [0.2, 0.25) is 0 Å². The van der Waals surface area contributed by atoms with E-state index in [-0.39, 0.29) is 24.8 Å². The van der Waals surface area contributed by atoms with E-state index in [0.717, 1.165) is 0 Å². The molecule has 0 unspecified atom stereocenters.